The predicted octanol–water partition coefficient (Wildman–Crippen LogP) is 10.0. The van der Waals surface area contributed by atoms with Crippen molar-refractivity contribution in [2.45, 2.75) is 168 Å². The molecule has 0 spiro atoms. The monoisotopic (exact) mass is 1280 g/mol. The van der Waals surface area contributed by atoms with Gasteiger partial charge in [0.2, 0.25) is 29.0 Å². The minimum absolute atomic E-state index is 0.0173. The Bertz CT molecular complexity index is 2960. The van der Waals surface area contributed by atoms with Gasteiger partial charge in [0.15, 0.2) is 11.6 Å². The maximum absolute atomic E-state index is 11.1. The molecule has 0 atom stereocenters. The summed E-state index contributed by atoms with van der Waals surface area (Å²) >= 11 is 4.01. The van der Waals surface area contributed by atoms with Crippen molar-refractivity contribution in [3.05, 3.63) is 130 Å². The van der Waals surface area contributed by atoms with Crippen LogP contribution in [-0.2, 0) is 19.3 Å². The highest BCUT2D eigenvalue weighted by Gasteiger charge is 2.15. The van der Waals surface area contributed by atoms with Gasteiger partial charge < -0.3 is 39.1 Å². The summed E-state index contributed by atoms with van der Waals surface area (Å²) in [5.41, 5.74) is 5.92. The third kappa shape index (κ3) is 36.0. The van der Waals surface area contributed by atoms with E-state index in [1.54, 1.807) is 20.2 Å². The number of hydrogen-bond acceptors (Lipinski definition) is 24. The van der Waals surface area contributed by atoms with Gasteiger partial charge in [0.25, 0.3) is 16.7 Å². The van der Waals surface area contributed by atoms with Crippen LogP contribution in [0.4, 0.5) is 0 Å². The minimum Gasteiger partial charge on any atom is -0.502 e. The van der Waals surface area contributed by atoms with E-state index in [2.05, 4.69) is 128 Å². The van der Waals surface area contributed by atoms with E-state index in [-0.39, 0.29) is 69.3 Å². The number of aliphatic imine (C=N–C) groups is 3. The van der Waals surface area contributed by atoms with Crippen LogP contribution in [0.1, 0.15) is 196 Å². The second kappa shape index (κ2) is 43.7. The van der Waals surface area contributed by atoms with Crippen LogP contribution in [0.5, 0.6) is 5.75 Å². The molecule has 0 radical (unpaired) electrons. The Morgan fingerprint density at radius 3 is 1.32 bits per heavy atom. The molecule has 27 nitrogen and oxygen atoms in total. The van der Waals surface area contributed by atoms with Crippen molar-refractivity contribution in [1.82, 2.24) is 65.2 Å². The normalized spacial score (nSPS) is 12.5. The zero-order valence-electron chi connectivity index (χ0n) is 54.6. The van der Waals surface area contributed by atoms with Gasteiger partial charge in [-0.3, -0.25) is 37.5 Å². The van der Waals surface area contributed by atoms with Gasteiger partial charge in [0, 0.05) is 108 Å². The second-order valence-corrected chi connectivity index (χ2v) is 23.9. The number of aromatic nitrogens is 8. The Kier molecular flexibility index (Phi) is 40.8. The molecule has 3 aliphatic heterocycles. The fourth-order valence-electron chi connectivity index (χ4n) is 5.17. The third-order valence-electron chi connectivity index (χ3n) is 10.4. The van der Waals surface area contributed by atoms with E-state index in [4.69, 9.17) is 23.7 Å². The first-order valence-corrected chi connectivity index (χ1v) is 30.4. The van der Waals surface area contributed by atoms with Gasteiger partial charge >= 0.3 is 0 Å². The van der Waals surface area contributed by atoms with Gasteiger partial charge in [-0.25, -0.2) is 16.0 Å². The van der Waals surface area contributed by atoms with Crippen LogP contribution < -0.4 is 48.4 Å². The van der Waals surface area contributed by atoms with Gasteiger partial charge in [-0.2, -0.15) is 24.7 Å². The van der Waals surface area contributed by atoms with Crippen molar-refractivity contribution in [1.29, 1.82) is 0 Å². The van der Waals surface area contributed by atoms with Crippen molar-refractivity contribution < 1.29 is 33.3 Å². The number of hydrogen-bond donors (Lipinski definition) is 10. The Morgan fingerprint density at radius 1 is 0.609 bits per heavy atom. The highest BCUT2D eigenvalue weighted by atomic mass is 32.2. The molecule has 5 aromatic rings. The van der Waals surface area contributed by atoms with Crippen LogP contribution in [-0.4, -0.2) is 87.4 Å². The number of aromatic hydroxyl groups is 1. The van der Waals surface area contributed by atoms with Crippen molar-refractivity contribution in [3.8, 4) is 5.75 Å². The molecular weight excluding hydrogens is 1180 g/mol. The van der Waals surface area contributed by atoms with E-state index in [1.807, 2.05) is 111 Å². The third-order valence-corrected chi connectivity index (χ3v) is 12.7. The zero-order chi connectivity index (χ0) is 67.3. The summed E-state index contributed by atoms with van der Waals surface area (Å²) in [6, 6.07) is 3.11. The Hall–Kier alpha value is -7.86. The molecule has 0 bridgehead atoms. The fourth-order valence-corrected chi connectivity index (χ4v) is 7.12. The molecule has 0 unspecified atom stereocenters. The van der Waals surface area contributed by atoms with E-state index < -0.39 is 0 Å². The molecule has 5 aromatic heterocycles. The molecule has 0 saturated carbocycles. The smallest absolute Gasteiger partial charge is 0.281 e. The van der Waals surface area contributed by atoms with Gasteiger partial charge in [-0.1, -0.05) is 162 Å². The molecule has 488 valence electrons. The van der Waals surface area contributed by atoms with Crippen LogP contribution >= 0.6 is 35.2 Å². The number of rotatable bonds is 10. The van der Waals surface area contributed by atoms with Crippen molar-refractivity contribution in [2.75, 3.05) is 14.1 Å². The highest BCUT2D eigenvalue weighted by Crippen LogP contribution is 2.20. The first-order valence-electron chi connectivity index (χ1n) is 28.0. The van der Waals surface area contributed by atoms with Gasteiger partial charge in [-0.05, 0) is 25.0 Å². The number of hydroxylamine groups is 2. The first-order chi connectivity index (χ1) is 40.5. The molecule has 0 saturated heterocycles. The van der Waals surface area contributed by atoms with Crippen LogP contribution in [0.3, 0.4) is 0 Å². The van der Waals surface area contributed by atoms with E-state index in [9.17, 15) is 28.8 Å². The number of aromatic amines is 4. The molecular formula is C57H96N16O11S3. The summed E-state index contributed by atoms with van der Waals surface area (Å²) in [5.74, 6) is 7.87. The standard InChI is InChI=1S/C8H10O3.2C6H10N2O.C6H10N2S.C6H9NO2.C6H9NOS.C5H8N2OS.2C5H11NO.C4H8N4/c1-5(2)6-3-11-4-7(9)8(6)10;3*1-4(2)6-7-5(3)9-8-6;2*1-4(2)5-3-6(8)7-9-5;1-3(2)4-5(8)7-9-6-4;2*1-4(2)5(7)6-3;1-3(2)4-5-7-8-6-4/h3-5,9H,1-2H3;3*4H,3H2,1-2H3,(H,7,8);2*3-4H,1-2H3,(H,7,8);3H,1-2H3,(H,7,8);2*4H,1-3H3,(H,6,7);3H,1-2H3,(H,5,6,7,8). The van der Waals surface area contributed by atoms with Gasteiger partial charge in [0.05, 0.1) is 6.26 Å². The van der Waals surface area contributed by atoms with Gasteiger partial charge in [-0.15, -0.1) is 10.2 Å². The van der Waals surface area contributed by atoms with E-state index in [0.29, 0.717) is 58.4 Å². The number of carbonyl (C=O) groups excluding carboxylic acids is 2. The lowest BCUT2D eigenvalue weighted by atomic mass is 10.1. The molecule has 0 fully saturated rings. The van der Waals surface area contributed by atoms with Crippen LogP contribution in [0.15, 0.2) is 104 Å². The summed E-state index contributed by atoms with van der Waals surface area (Å²) in [6.07, 6.45) is 2.40. The summed E-state index contributed by atoms with van der Waals surface area (Å²) in [5, 5.41) is 30.4. The fraction of sp³-hybridized carbons (Fsp3) is 0.561. The number of H-pyrrole nitrogens is 4. The Labute approximate surface area is 523 Å². The zero-order valence-corrected chi connectivity index (χ0v) is 57.0. The summed E-state index contributed by atoms with van der Waals surface area (Å²) in [4.78, 5) is 86.4. The lowest BCUT2D eigenvalue weighted by Gasteiger charge is -2.01. The highest BCUT2D eigenvalue weighted by molar-refractivity contribution is 8.02. The molecule has 0 aromatic carbocycles. The van der Waals surface area contributed by atoms with Crippen molar-refractivity contribution in [2.24, 2.45) is 44.6 Å². The van der Waals surface area contributed by atoms with Crippen LogP contribution in [0.25, 0.3) is 0 Å². The maximum Gasteiger partial charge on any atom is 0.281 e. The molecule has 2 amide bonds. The van der Waals surface area contributed by atoms with Crippen LogP contribution in [0, 0.1) is 29.6 Å². The largest absolute Gasteiger partial charge is 0.502 e. The van der Waals surface area contributed by atoms with Crippen molar-refractivity contribution in [3.63, 3.8) is 0 Å². The molecule has 3 aliphatic rings. The van der Waals surface area contributed by atoms with Gasteiger partial charge in [0.1, 0.15) is 40.3 Å². The molecule has 0 aliphatic carbocycles. The predicted molar refractivity (Wildman–Crippen MR) is 349 cm³/mol. The molecule has 30 heteroatoms. The number of amides is 2. The lowest BCUT2D eigenvalue weighted by Crippen LogP contribution is -2.22. The number of nitrogens with one attached hydrogen (secondary N) is 9. The number of tetrazole rings is 1. The molecule has 87 heavy (non-hydrogen) atoms. The quantitative estimate of drug-likeness (QED) is 0.0581. The van der Waals surface area contributed by atoms with E-state index in [0.717, 1.165) is 51.2 Å². The average Bonchev–Trinajstić information content (AvgIpc) is 4.29. The SMILES string of the molecule is C=C1N=C(C(C)C)NO1.C=C1N=C(C(C)C)NO1.C=C1N=C(C(C)C)NS1.CC(C)c1cc(=O)[nH]o1.CC(C)c1cc(=O)[nH]s1.CC(C)c1cocc(O)c1=O.CC(C)c1nn[nH]n1.CC(C)c1ns[nH]c1=O.CNC(=O)C(C)C.CNC(=O)C(C)C. The summed E-state index contributed by atoms with van der Waals surface area (Å²) < 4.78 is 21.6. The molecule has 8 rings (SSSR count). The number of amidine groups is 3. The number of nitrogens with zero attached hydrogens (tertiary/aromatic N) is 7. The van der Waals surface area contributed by atoms with E-state index >= 15 is 0 Å². The Morgan fingerprint density at radius 2 is 1.13 bits per heavy atom. The summed E-state index contributed by atoms with van der Waals surface area (Å²) in [7, 11) is 3.28. The minimum atomic E-state index is -0.341. The average molecular weight is 1280 g/mol. The summed E-state index contributed by atoms with van der Waals surface area (Å²) in [6.45, 7) is 50.2. The number of carbonyl (C=O) groups is 2. The molecule has 8 heterocycles. The Balaban J connectivity index is 0. The molecule has 10 N–H and O–H groups in total. The second-order valence-electron chi connectivity index (χ2n) is 21.6. The topological polar surface area (TPSA) is 379 Å². The maximum atomic E-state index is 11.1. The van der Waals surface area contributed by atoms with Crippen molar-refractivity contribution >= 4 is 64.5 Å². The van der Waals surface area contributed by atoms with Crippen LogP contribution in [0.2, 0.25) is 0 Å². The lowest BCUT2D eigenvalue weighted by molar-refractivity contribution is -0.124. The van der Waals surface area contributed by atoms with E-state index in [1.165, 1.54) is 35.8 Å². The first kappa shape index (κ1) is 81.2.